The molecule has 0 aromatic carbocycles. The van der Waals surface area contributed by atoms with Crippen molar-refractivity contribution in [3.63, 3.8) is 0 Å². The van der Waals surface area contributed by atoms with E-state index >= 15 is 0 Å². The molecule has 3 atom stereocenters. The first kappa shape index (κ1) is 21.2. The molecule has 0 spiro atoms. The number of carbonyl (C=O) groups excluding carboxylic acids is 1. The number of hydrogen-bond acceptors (Lipinski definition) is 5. The SMILES string of the molecule is Cc1cc(F)cnc1CCC(C)NC(=O)c1cnn2ccc(N3CC(C)C(C)C3)nc12. The van der Waals surface area contributed by atoms with Crippen LogP contribution < -0.4 is 10.2 Å². The number of aromatic nitrogens is 4. The van der Waals surface area contributed by atoms with Crippen molar-refractivity contribution >= 4 is 17.4 Å². The minimum atomic E-state index is -0.333. The van der Waals surface area contributed by atoms with Crippen LogP contribution in [0.1, 0.15) is 48.8 Å². The summed E-state index contributed by atoms with van der Waals surface area (Å²) in [6, 6.07) is 3.36. The van der Waals surface area contributed by atoms with Crippen LogP contribution in [0.4, 0.5) is 10.2 Å². The Labute approximate surface area is 181 Å². The van der Waals surface area contributed by atoms with E-state index in [0.717, 1.165) is 30.2 Å². The topological polar surface area (TPSA) is 75.4 Å². The van der Waals surface area contributed by atoms with Gasteiger partial charge >= 0.3 is 0 Å². The second-order valence-corrected chi connectivity index (χ2v) is 8.80. The van der Waals surface area contributed by atoms with Gasteiger partial charge in [0.15, 0.2) is 5.65 Å². The number of amides is 1. The monoisotopic (exact) mass is 424 g/mol. The van der Waals surface area contributed by atoms with Gasteiger partial charge in [0.1, 0.15) is 17.2 Å². The van der Waals surface area contributed by atoms with E-state index in [0.29, 0.717) is 35.9 Å². The molecule has 1 aliphatic heterocycles. The van der Waals surface area contributed by atoms with Crippen molar-refractivity contribution in [3.05, 3.63) is 53.4 Å². The first-order valence-electron chi connectivity index (χ1n) is 10.8. The number of aryl methyl sites for hydroxylation is 2. The van der Waals surface area contributed by atoms with Crippen LogP contribution in [0.3, 0.4) is 0 Å². The van der Waals surface area contributed by atoms with Gasteiger partial charge in [0.05, 0.1) is 12.4 Å². The number of nitrogens with one attached hydrogen (secondary N) is 1. The van der Waals surface area contributed by atoms with Crippen LogP contribution in [0.5, 0.6) is 0 Å². The predicted molar refractivity (Wildman–Crippen MR) is 118 cm³/mol. The number of rotatable bonds is 6. The molecular weight excluding hydrogens is 395 g/mol. The third-order valence-electron chi connectivity index (χ3n) is 6.26. The van der Waals surface area contributed by atoms with Crippen molar-refractivity contribution in [2.24, 2.45) is 11.8 Å². The van der Waals surface area contributed by atoms with Crippen LogP contribution in [-0.2, 0) is 6.42 Å². The van der Waals surface area contributed by atoms with Crippen molar-refractivity contribution in [2.45, 2.75) is 46.6 Å². The van der Waals surface area contributed by atoms with Crippen LogP contribution in [-0.4, -0.2) is 44.6 Å². The highest BCUT2D eigenvalue weighted by atomic mass is 19.1. The number of nitrogens with zero attached hydrogens (tertiary/aromatic N) is 5. The van der Waals surface area contributed by atoms with Crippen molar-refractivity contribution in [2.75, 3.05) is 18.0 Å². The zero-order valence-corrected chi connectivity index (χ0v) is 18.5. The van der Waals surface area contributed by atoms with Crippen LogP contribution in [0.25, 0.3) is 5.65 Å². The van der Waals surface area contributed by atoms with Crippen molar-refractivity contribution in [3.8, 4) is 0 Å². The van der Waals surface area contributed by atoms with E-state index < -0.39 is 0 Å². The molecule has 0 radical (unpaired) electrons. The summed E-state index contributed by atoms with van der Waals surface area (Å²) in [5.41, 5.74) is 2.69. The van der Waals surface area contributed by atoms with Crippen LogP contribution in [0, 0.1) is 24.6 Å². The third kappa shape index (κ3) is 4.52. The standard InChI is InChI=1S/C23H29FN6O/c1-14-9-18(24)10-25-20(14)6-5-17(4)27-23(31)19-11-26-30-8-7-21(28-22(19)30)29-12-15(2)16(3)13-29/h7-11,15-17H,5-6,12-13H2,1-4H3,(H,27,31). The van der Waals surface area contributed by atoms with Gasteiger partial charge in [0, 0.05) is 31.0 Å². The molecule has 0 saturated carbocycles. The molecule has 1 amide bonds. The summed E-state index contributed by atoms with van der Waals surface area (Å²) in [7, 11) is 0. The zero-order valence-electron chi connectivity index (χ0n) is 18.5. The fourth-order valence-electron chi connectivity index (χ4n) is 4.07. The summed E-state index contributed by atoms with van der Waals surface area (Å²) < 4.78 is 14.9. The minimum Gasteiger partial charge on any atom is -0.356 e. The lowest BCUT2D eigenvalue weighted by Crippen LogP contribution is -2.33. The summed E-state index contributed by atoms with van der Waals surface area (Å²) >= 11 is 0. The largest absolute Gasteiger partial charge is 0.356 e. The molecular formula is C23H29FN6O. The van der Waals surface area contributed by atoms with E-state index in [1.165, 1.54) is 12.3 Å². The Bertz CT molecular complexity index is 1090. The fourth-order valence-corrected chi connectivity index (χ4v) is 4.07. The van der Waals surface area contributed by atoms with Gasteiger partial charge in [-0.2, -0.15) is 5.10 Å². The van der Waals surface area contributed by atoms with E-state index in [2.05, 4.69) is 34.1 Å². The first-order chi connectivity index (χ1) is 14.8. The molecule has 8 heteroatoms. The summed E-state index contributed by atoms with van der Waals surface area (Å²) in [5.74, 6) is 1.58. The van der Waals surface area contributed by atoms with Gasteiger partial charge in [-0.1, -0.05) is 13.8 Å². The summed E-state index contributed by atoms with van der Waals surface area (Å²) in [4.78, 5) is 24.1. The van der Waals surface area contributed by atoms with Crippen LogP contribution >= 0.6 is 0 Å². The summed E-state index contributed by atoms with van der Waals surface area (Å²) in [5, 5.41) is 7.32. The van der Waals surface area contributed by atoms with Gasteiger partial charge < -0.3 is 10.2 Å². The number of carbonyl (C=O) groups is 1. The molecule has 3 aromatic heterocycles. The highest BCUT2D eigenvalue weighted by Gasteiger charge is 2.27. The summed E-state index contributed by atoms with van der Waals surface area (Å²) in [6.07, 6.45) is 6.02. The number of anilines is 1. The second kappa shape index (κ2) is 8.61. The fraction of sp³-hybridized carbons (Fsp3) is 0.478. The van der Waals surface area contributed by atoms with Gasteiger partial charge in [-0.3, -0.25) is 9.78 Å². The molecule has 1 fully saturated rings. The maximum Gasteiger partial charge on any atom is 0.256 e. The number of halogens is 1. The van der Waals surface area contributed by atoms with Gasteiger partial charge in [0.2, 0.25) is 0 Å². The third-order valence-corrected chi connectivity index (χ3v) is 6.26. The average molecular weight is 425 g/mol. The van der Waals surface area contributed by atoms with E-state index in [9.17, 15) is 9.18 Å². The van der Waals surface area contributed by atoms with Crippen molar-refractivity contribution in [1.82, 2.24) is 24.9 Å². The molecule has 4 heterocycles. The average Bonchev–Trinajstić information content (AvgIpc) is 3.30. The maximum absolute atomic E-state index is 13.2. The Kier molecular flexibility index (Phi) is 5.89. The molecule has 0 bridgehead atoms. The Morgan fingerprint density at radius 2 is 2.03 bits per heavy atom. The van der Waals surface area contributed by atoms with E-state index in [1.54, 1.807) is 10.7 Å². The molecule has 31 heavy (non-hydrogen) atoms. The van der Waals surface area contributed by atoms with E-state index in [-0.39, 0.29) is 17.8 Å². The van der Waals surface area contributed by atoms with Crippen molar-refractivity contribution in [1.29, 1.82) is 0 Å². The van der Waals surface area contributed by atoms with Gasteiger partial charge in [-0.25, -0.2) is 13.9 Å². The highest BCUT2D eigenvalue weighted by Crippen LogP contribution is 2.27. The van der Waals surface area contributed by atoms with Gasteiger partial charge in [-0.15, -0.1) is 0 Å². The summed E-state index contributed by atoms with van der Waals surface area (Å²) in [6.45, 7) is 10.2. The molecule has 1 saturated heterocycles. The molecule has 1 aliphatic rings. The zero-order chi connectivity index (χ0) is 22.1. The normalized spacial score (nSPS) is 19.7. The highest BCUT2D eigenvalue weighted by molar-refractivity contribution is 5.99. The minimum absolute atomic E-state index is 0.0721. The lowest BCUT2D eigenvalue weighted by Gasteiger charge is -2.17. The Morgan fingerprint density at radius 3 is 2.74 bits per heavy atom. The smallest absolute Gasteiger partial charge is 0.256 e. The molecule has 7 nitrogen and oxygen atoms in total. The molecule has 1 N–H and O–H groups in total. The lowest BCUT2D eigenvalue weighted by atomic mass is 10.0. The second-order valence-electron chi connectivity index (χ2n) is 8.80. The predicted octanol–water partition coefficient (Wildman–Crippen LogP) is 3.42. The quantitative estimate of drug-likeness (QED) is 0.656. The Morgan fingerprint density at radius 1 is 1.29 bits per heavy atom. The molecule has 3 aromatic rings. The number of fused-ring (bicyclic) bond motifs is 1. The molecule has 4 rings (SSSR count). The van der Waals surface area contributed by atoms with E-state index in [4.69, 9.17) is 4.98 Å². The van der Waals surface area contributed by atoms with Crippen LogP contribution in [0.2, 0.25) is 0 Å². The molecule has 3 unspecified atom stereocenters. The number of hydrogen-bond donors (Lipinski definition) is 1. The molecule has 0 aliphatic carbocycles. The van der Waals surface area contributed by atoms with Gasteiger partial charge in [-0.05, 0) is 56.2 Å². The maximum atomic E-state index is 13.2. The van der Waals surface area contributed by atoms with Crippen LogP contribution in [0.15, 0.2) is 30.7 Å². The van der Waals surface area contributed by atoms with Crippen molar-refractivity contribution < 1.29 is 9.18 Å². The Hall–Kier alpha value is -3.03. The molecule has 164 valence electrons. The number of pyridine rings is 1. The first-order valence-corrected chi connectivity index (χ1v) is 10.8. The Balaban J connectivity index is 1.44. The lowest BCUT2D eigenvalue weighted by molar-refractivity contribution is 0.0940. The van der Waals surface area contributed by atoms with Gasteiger partial charge in [0.25, 0.3) is 5.91 Å². The van der Waals surface area contributed by atoms with E-state index in [1.807, 2.05) is 26.1 Å².